The maximum absolute atomic E-state index is 12.6. The van der Waals surface area contributed by atoms with Crippen molar-refractivity contribution in [2.45, 2.75) is 25.0 Å². The van der Waals surface area contributed by atoms with Gasteiger partial charge >= 0.3 is 0 Å². The molecular formula is C19H20Cl2N4O2S. The second-order valence-electron chi connectivity index (χ2n) is 6.53. The molecule has 148 valence electrons. The van der Waals surface area contributed by atoms with Gasteiger partial charge in [-0.25, -0.2) is 0 Å². The number of fused-ring (bicyclic) bond motifs is 1. The predicted molar refractivity (Wildman–Crippen MR) is 112 cm³/mol. The average Bonchev–Trinajstić information content (AvgIpc) is 3.07. The van der Waals surface area contributed by atoms with Gasteiger partial charge in [0, 0.05) is 6.20 Å². The molecule has 2 aromatic heterocycles. The molecule has 1 N–H and O–H groups in total. The molecule has 3 rings (SSSR count). The number of nitrogens with one attached hydrogen (secondary N) is 1. The van der Waals surface area contributed by atoms with E-state index in [0.29, 0.717) is 20.8 Å². The minimum atomic E-state index is -0.0990. The fraction of sp³-hybridized carbons (Fsp3) is 0.316. The molecule has 0 aliphatic heterocycles. The first kappa shape index (κ1) is 20.8. The number of amides is 1. The molecule has 1 atom stereocenters. The highest BCUT2D eigenvalue weighted by atomic mass is 35.5. The van der Waals surface area contributed by atoms with Crippen molar-refractivity contribution in [2.24, 2.45) is 5.92 Å². The summed E-state index contributed by atoms with van der Waals surface area (Å²) in [6, 6.07) is 9.22. The van der Waals surface area contributed by atoms with Crippen molar-refractivity contribution >= 4 is 46.5 Å². The Kier molecular flexibility index (Phi) is 6.69. The summed E-state index contributed by atoms with van der Waals surface area (Å²) >= 11 is 13.5. The molecule has 0 spiro atoms. The number of pyridine rings is 1. The maximum atomic E-state index is 12.6. The molecule has 2 heterocycles. The van der Waals surface area contributed by atoms with Crippen LogP contribution >= 0.6 is 35.0 Å². The number of rotatable bonds is 7. The van der Waals surface area contributed by atoms with E-state index in [9.17, 15) is 4.79 Å². The number of nitrogens with zero attached hydrogens (tertiary/aromatic N) is 3. The number of benzene rings is 1. The Bertz CT molecular complexity index is 976. The van der Waals surface area contributed by atoms with Gasteiger partial charge in [0.1, 0.15) is 5.75 Å². The molecule has 3 aromatic rings. The third-order valence-electron chi connectivity index (χ3n) is 4.19. The molecule has 9 heteroatoms. The number of ether oxygens (including phenoxy) is 1. The monoisotopic (exact) mass is 438 g/mol. The van der Waals surface area contributed by atoms with Gasteiger partial charge in [-0.05, 0) is 29.7 Å². The lowest BCUT2D eigenvalue weighted by molar-refractivity contribution is -0.119. The van der Waals surface area contributed by atoms with Crippen LogP contribution in [0.4, 0.5) is 0 Å². The van der Waals surface area contributed by atoms with Crippen LogP contribution in [-0.2, 0) is 4.79 Å². The average molecular weight is 439 g/mol. The summed E-state index contributed by atoms with van der Waals surface area (Å²) in [7, 11) is 1.63. The van der Waals surface area contributed by atoms with Crippen molar-refractivity contribution in [1.29, 1.82) is 0 Å². The van der Waals surface area contributed by atoms with Crippen LogP contribution in [0.15, 0.2) is 41.7 Å². The van der Waals surface area contributed by atoms with Crippen molar-refractivity contribution in [3.63, 3.8) is 0 Å². The van der Waals surface area contributed by atoms with Crippen molar-refractivity contribution in [3.05, 3.63) is 52.1 Å². The van der Waals surface area contributed by atoms with Gasteiger partial charge in [-0.1, -0.05) is 60.9 Å². The number of halogens is 2. The zero-order valence-corrected chi connectivity index (χ0v) is 18.0. The summed E-state index contributed by atoms with van der Waals surface area (Å²) in [6.45, 7) is 4.14. The number of methoxy groups -OCH3 is 1. The lowest BCUT2D eigenvalue weighted by Crippen LogP contribution is -2.33. The van der Waals surface area contributed by atoms with Crippen LogP contribution in [-0.4, -0.2) is 33.4 Å². The molecule has 0 aliphatic rings. The minimum absolute atomic E-state index is 0.0932. The Morgan fingerprint density at radius 3 is 2.61 bits per heavy atom. The van der Waals surface area contributed by atoms with Gasteiger partial charge in [-0.2, -0.15) is 0 Å². The van der Waals surface area contributed by atoms with E-state index >= 15 is 0 Å². The molecule has 1 unspecified atom stereocenters. The second kappa shape index (κ2) is 9.03. The largest absolute Gasteiger partial charge is 0.497 e. The molecule has 0 fully saturated rings. The zero-order valence-electron chi connectivity index (χ0n) is 15.6. The lowest BCUT2D eigenvalue weighted by Gasteiger charge is -2.23. The van der Waals surface area contributed by atoms with Gasteiger partial charge in [0.05, 0.1) is 28.9 Å². The molecule has 0 radical (unpaired) electrons. The van der Waals surface area contributed by atoms with Crippen LogP contribution in [0, 0.1) is 5.92 Å². The number of hydrogen-bond acceptors (Lipinski definition) is 5. The van der Waals surface area contributed by atoms with Crippen LogP contribution in [0.5, 0.6) is 5.75 Å². The van der Waals surface area contributed by atoms with Gasteiger partial charge in [-0.15, -0.1) is 10.2 Å². The summed E-state index contributed by atoms with van der Waals surface area (Å²) in [4.78, 5) is 12.6. The summed E-state index contributed by atoms with van der Waals surface area (Å²) in [5.41, 5.74) is 1.54. The van der Waals surface area contributed by atoms with Crippen LogP contribution in [0.2, 0.25) is 10.0 Å². The maximum Gasteiger partial charge on any atom is 0.230 e. The smallest absolute Gasteiger partial charge is 0.230 e. The second-order valence-corrected chi connectivity index (χ2v) is 8.32. The third kappa shape index (κ3) is 4.71. The topological polar surface area (TPSA) is 68.5 Å². The Hall–Kier alpha value is -1.96. The van der Waals surface area contributed by atoms with Gasteiger partial charge in [0.25, 0.3) is 0 Å². The number of aromatic nitrogens is 3. The summed E-state index contributed by atoms with van der Waals surface area (Å²) < 4.78 is 6.88. The number of hydrogen-bond donors (Lipinski definition) is 1. The van der Waals surface area contributed by atoms with Crippen LogP contribution in [0.1, 0.15) is 25.5 Å². The standard InChI is InChI=1S/C19H20Cl2N4O2S/c1-11(2)17(12-4-6-14(27-3)7-5-12)22-16(26)10-28-19-24-23-18-15(21)8-13(20)9-25(18)19/h4-9,11,17H,10H2,1-3H3,(H,22,26). The van der Waals surface area contributed by atoms with E-state index in [0.717, 1.165) is 11.3 Å². The van der Waals surface area contributed by atoms with E-state index in [-0.39, 0.29) is 23.6 Å². The SMILES string of the molecule is COc1ccc(C(NC(=O)CSc2nnc3c(Cl)cc(Cl)cn23)C(C)C)cc1. The van der Waals surface area contributed by atoms with Gasteiger partial charge in [-0.3, -0.25) is 9.20 Å². The highest BCUT2D eigenvalue weighted by Crippen LogP contribution is 2.26. The Balaban J connectivity index is 1.68. The van der Waals surface area contributed by atoms with E-state index in [2.05, 4.69) is 29.4 Å². The van der Waals surface area contributed by atoms with E-state index in [1.807, 2.05) is 24.3 Å². The first-order valence-corrected chi connectivity index (χ1v) is 10.4. The Morgan fingerprint density at radius 1 is 1.25 bits per heavy atom. The number of carbonyl (C=O) groups is 1. The fourth-order valence-corrected chi connectivity index (χ4v) is 4.02. The highest BCUT2D eigenvalue weighted by molar-refractivity contribution is 7.99. The molecule has 0 bridgehead atoms. The quantitative estimate of drug-likeness (QED) is 0.543. The Morgan fingerprint density at radius 2 is 1.96 bits per heavy atom. The first-order chi connectivity index (χ1) is 13.4. The van der Waals surface area contributed by atoms with E-state index < -0.39 is 0 Å². The normalized spacial score (nSPS) is 12.4. The van der Waals surface area contributed by atoms with Crippen molar-refractivity contribution in [3.8, 4) is 5.75 Å². The minimum Gasteiger partial charge on any atom is -0.497 e. The fourth-order valence-electron chi connectivity index (χ4n) is 2.79. The van der Waals surface area contributed by atoms with E-state index in [1.54, 1.807) is 23.8 Å². The van der Waals surface area contributed by atoms with Crippen LogP contribution < -0.4 is 10.1 Å². The molecule has 0 saturated carbocycles. The predicted octanol–water partition coefficient (Wildman–Crippen LogP) is 4.65. The van der Waals surface area contributed by atoms with Crippen LogP contribution in [0.25, 0.3) is 5.65 Å². The van der Waals surface area contributed by atoms with Gasteiger partial charge in [0.15, 0.2) is 10.8 Å². The number of carbonyl (C=O) groups excluding carboxylic acids is 1. The van der Waals surface area contributed by atoms with Crippen molar-refractivity contribution in [1.82, 2.24) is 19.9 Å². The zero-order chi connectivity index (χ0) is 20.3. The lowest BCUT2D eigenvalue weighted by atomic mass is 9.96. The highest BCUT2D eigenvalue weighted by Gasteiger charge is 2.19. The molecule has 6 nitrogen and oxygen atoms in total. The number of thioether (sulfide) groups is 1. The summed E-state index contributed by atoms with van der Waals surface area (Å²) in [5.74, 6) is 1.12. The molecular weight excluding hydrogens is 419 g/mol. The van der Waals surface area contributed by atoms with Crippen LogP contribution in [0.3, 0.4) is 0 Å². The summed E-state index contributed by atoms with van der Waals surface area (Å²) in [6.07, 6.45) is 1.68. The van der Waals surface area contributed by atoms with E-state index in [1.165, 1.54) is 11.8 Å². The van der Waals surface area contributed by atoms with Gasteiger partial charge in [0.2, 0.25) is 5.91 Å². The molecule has 0 aliphatic carbocycles. The van der Waals surface area contributed by atoms with Crippen molar-refractivity contribution in [2.75, 3.05) is 12.9 Å². The summed E-state index contributed by atoms with van der Waals surface area (Å²) in [5, 5.41) is 12.7. The molecule has 0 saturated heterocycles. The molecule has 28 heavy (non-hydrogen) atoms. The Labute approximate surface area is 177 Å². The first-order valence-electron chi connectivity index (χ1n) is 8.65. The van der Waals surface area contributed by atoms with Gasteiger partial charge < -0.3 is 10.1 Å². The molecule has 1 aromatic carbocycles. The molecule has 1 amide bonds. The third-order valence-corrected chi connectivity index (χ3v) is 5.61. The van der Waals surface area contributed by atoms with Crippen molar-refractivity contribution < 1.29 is 9.53 Å². The van der Waals surface area contributed by atoms with E-state index in [4.69, 9.17) is 27.9 Å².